The van der Waals surface area contributed by atoms with Crippen LogP contribution in [-0.4, -0.2) is 39.4 Å². The van der Waals surface area contributed by atoms with Crippen LogP contribution in [0.1, 0.15) is 44.7 Å². The van der Waals surface area contributed by atoms with E-state index in [1.165, 1.54) is 17.5 Å². The third-order valence-corrected chi connectivity index (χ3v) is 4.82. The van der Waals surface area contributed by atoms with Gasteiger partial charge in [0.05, 0.1) is 12.7 Å². The van der Waals surface area contributed by atoms with Gasteiger partial charge in [-0.05, 0) is 29.4 Å². The summed E-state index contributed by atoms with van der Waals surface area (Å²) in [6, 6.07) is 8.42. The Bertz CT molecular complexity index is 587. The van der Waals surface area contributed by atoms with Gasteiger partial charge in [0.15, 0.2) is 5.96 Å². The van der Waals surface area contributed by atoms with E-state index >= 15 is 0 Å². The molecule has 2 N–H and O–H groups in total. The third kappa shape index (κ3) is 7.95. The van der Waals surface area contributed by atoms with E-state index in [2.05, 4.69) is 60.7 Å². The number of guanidine groups is 1. The van der Waals surface area contributed by atoms with Crippen molar-refractivity contribution >= 4 is 29.9 Å². The van der Waals surface area contributed by atoms with Crippen molar-refractivity contribution in [3.05, 3.63) is 35.4 Å². The molecule has 5 nitrogen and oxygen atoms in total. The molecule has 1 fully saturated rings. The number of halogens is 1. The van der Waals surface area contributed by atoms with Crippen LogP contribution in [0.4, 0.5) is 0 Å². The maximum Gasteiger partial charge on any atom is 0.191 e. The Labute approximate surface area is 181 Å². The number of ether oxygens (including phenoxy) is 2. The fraction of sp³-hybridized carbons (Fsp3) is 0.667. The lowest BCUT2D eigenvalue weighted by atomic mass is 9.78. The van der Waals surface area contributed by atoms with Crippen molar-refractivity contribution in [3.63, 3.8) is 0 Å². The summed E-state index contributed by atoms with van der Waals surface area (Å²) in [6.45, 7) is 9.91. The summed E-state index contributed by atoms with van der Waals surface area (Å²) >= 11 is 0. The van der Waals surface area contributed by atoms with Gasteiger partial charge in [-0.1, -0.05) is 45.0 Å². The van der Waals surface area contributed by atoms with Gasteiger partial charge in [0, 0.05) is 39.8 Å². The Morgan fingerprint density at radius 3 is 2.67 bits per heavy atom. The smallest absolute Gasteiger partial charge is 0.191 e. The second-order valence-electron chi connectivity index (χ2n) is 8.12. The summed E-state index contributed by atoms with van der Waals surface area (Å²) in [5.74, 6) is 1.34. The molecule has 0 radical (unpaired) electrons. The number of nitrogens with one attached hydrogen (secondary N) is 2. The minimum absolute atomic E-state index is 0. The summed E-state index contributed by atoms with van der Waals surface area (Å²) in [5, 5.41) is 6.89. The first-order valence-corrected chi connectivity index (χ1v) is 9.57. The first-order chi connectivity index (χ1) is 12.4. The minimum atomic E-state index is 0. The Hall–Kier alpha value is -0.860. The van der Waals surface area contributed by atoms with E-state index in [4.69, 9.17) is 9.47 Å². The molecule has 2 unspecified atom stereocenters. The third-order valence-electron chi connectivity index (χ3n) is 4.82. The lowest BCUT2D eigenvalue weighted by Crippen LogP contribution is -2.47. The maximum atomic E-state index is 6.07. The van der Waals surface area contributed by atoms with Gasteiger partial charge in [-0.2, -0.15) is 0 Å². The second kappa shape index (κ2) is 11.9. The summed E-state index contributed by atoms with van der Waals surface area (Å²) in [4.78, 5) is 4.36. The number of nitrogens with zero attached hydrogens (tertiary/aromatic N) is 1. The normalized spacial score (nSPS) is 20.7. The molecule has 1 aromatic rings. The summed E-state index contributed by atoms with van der Waals surface area (Å²) in [6.07, 6.45) is 2.62. The van der Waals surface area contributed by atoms with Crippen LogP contribution in [0.2, 0.25) is 0 Å². The van der Waals surface area contributed by atoms with Crippen LogP contribution in [0.25, 0.3) is 0 Å². The van der Waals surface area contributed by atoms with Gasteiger partial charge in [0.25, 0.3) is 0 Å². The van der Waals surface area contributed by atoms with Gasteiger partial charge >= 0.3 is 0 Å². The predicted octanol–water partition coefficient (Wildman–Crippen LogP) is 3.96. The summed E-state index contributed by atoms with van der Waals surface area (Å²) in [7, 11) is 3.53. The molecule has 0 spiro atoms. The Morgan fingerprint density at radius 1 is 1.26 bits per heavy atom. The van der Waals surface area contributed by atoms with Gasteiger partial charge in [0.1, 0.15) is 0 Å². The average Bonchev–Trinajstić information content (AvgIpc) is 2.62. The molecule has 1 saturated heterocycles. The molecule has 0 amide bonds. The number of methoxy groups -OCH3 is 1. The van der Waals surface area contributed by atoms with Gasteiger partial charge < -0.3 is 20.1 Å². The van der Waals surface area contributed by atoms with Gasteiger partial charge in [0.2, 0.25) is 0 Å². The zero-order chi connectivity index (χ0) is 19.0. The SMILES string of the molecule is CN=C(NCc1cccc(COC)c1)NCC1CCCOC1C(C)(C)C.I. The fourth-order valence-electron chi connectivity index (χ4n) is 3.64. The Balaban J connectivity index is 0.00000364. The van der Waals surface area contributed by atoms with E-state index in [0.717, 1.165) is 32.1 Å². The average molecular weight is 489 g/mol. The molecule has 1 heterocycles. The molecule has 1 aromatic carbocycles. The standard InChI is InChI=1S/C21H35N3O2.HI/c1-21(2,3)19-18(10-7-11-26-19)14-24-20(22-4)23-13-16-8-6-9-17(12-16)15-25-5;/h6,8-9,12,18-19H,7,10-11,13-15H2,1-5H3,(H2,22,23,24);1H. The van der Waals surface area contributed by atoms with E-state index in [1.54, 1.807) is 7.11 Å². The van der Waals surface area contributed by atoms with Crippen molar-refractivity contribution in [1.82, 2.24) is 10.6 Å². The van der Waals surface area contributed by atoms with E-state index in [0.29, 0.717) is 12.5 Å². The van der Waals surface area contributed by atoms with Gasteiger partial charge in [-0.15, -0.1) is 24.0 Å². The molecule has 1 aliphatic rings. The van der Waals surface area contributed by atoms with Crippen molar-refractivity contribution in [1.29, 1.82) is 0 Å². The first kappa shape index (κ1) is 24.2. The van der Waals surface area contributed by atoms with E-state index in [9.17, 15) is 0 Å². The molecular formula is C21H36IN3O2. The molecule has 2 atom stereocenters. The van der Waals surface area contributed by atoms with Crippen molar-refractivity contribution in [2.75, 3.05) is 27.3 Å². The summed E-state index contributed by atoms with van der Waals surface area (Å²) in [5.41, 5.74) is 2.56. The van der Waals surface area contributed by atoms with Crippen LogP contribution in [-0.2, 0) is 22.6 Å². The number of aliphatic imine (C=N–C) groups is 1. The molecule has 2 rings (SSSR count). The Kier molecular flexibility index (Phi) is 10.6. The van der Waals surface area contributed by atoms with Crippen molar-refractivity contribution in [3.8, 4) is 0 Å². The van der Waals surface area contributed by atoms with Crippen molar-refractivity contribution in [2.24, 2.45) is 16.3 Å². The largest absolute Gasteiger partial charge is 0.380 e. The highest BCUT2D eigenvalue weighted by atomic mass is 127. The topological polar surface area (TPSA) is 54.9 Å². The van der Waals surface area contributed by atoms with Crippen LogP contribution in [0, 0.1) is 11.3 Å². The number of hydrogen-bond donors (Lipinski definition) is 2. The minimum Gasteiger partial charge on any atom is -0.380 e. The number of rotatable bonds is 6. The molecule has 6 heteroatoms. The predicted molar refractivity (Wildman–Crippen MR) is 123 cm³/mol. The molecule has 0 bridgehead atoms. The van der Waals surface area contributed by atoms with E-state index in [-0.39, 0.29) is 35.5 Å². The Morgan fingerprint density at radius 2 is 2.00 bits per heavy atom. The van der Waals surface area contributed by atoms with Crippen molar-refractivity contribution < 1.29 is 9.47 Å². The highest BCUT2D eigenvalue weighted by molar-refractivity contribution is 14.0. The van der Waals surface area contributed by atoms with Crippen LogP contribution in [0.3, 0.4) is 0 Å². The fourth-order valence-corrected chi connectivity index (χ4v) is 3.64. The van der Waals surface area contributed by atoms with Crippen LogP contribution in [0.15, 0.2) is 29.3 Å². The first-order valence-electron chi connectivity index (χ1n) is 9.57. The lowest BCUT2D eigenvalue weighted by molar-refractivity contribution is -0.0835. The maximum absolute atomic E-state index is 6.07. The lowest BCUT2D eigenvalue weighted by Gasteiger charge is -2.40. The highest BCUT2D eigenvalue weighted by Gasteiger charge is 2.35. The molecule has 27 heavy (non-hydrogen) atoms. The van der Waals surface area contributed by atoms with E-state index in [1.807, 2.05) is 7.05 Å². The summed E-state index contributed by atoms with van der Waals surface area (Å²) < 4.78 is 11.3. The van der Waals surface area contributed by atoms with Crippen LogP contribution in [0.5, 0.6) is 0 Å². The molecular weight excluding hydrogens is 453 g/mol. The molecule has 0 aromatic heterocycles. The second-order valence-corrected chi connectivity index (χ2v) is 8.12. The van der Waals surface area contributed by atoms with Gasteiger partial charge in [-0.25, -0.2) is 0 Å². The molecule has 0 saturated carbocycles. The molecule has 1 aliphatic heterocycles. The molecule has 154 valence electrons. The zero-order valence-corrected chi connectivity index (χ0v) is 19.7. The molecule has 0 aliphatic carbocycles. The zero-order valence-electron chi connectivity index (χ0n) is 17.4. The number of benzene rings is 1. The van der Waals surface area contributed by atoms with E-state index < -0.39 is 0 Å². The quantitative estimate of drug-likeness (QED) is 0.361. The van der Waals surface area contributed by atoms with Crippen LogP contribution < -0.4 is 10.6 Å². The van der Waals surface area contributed by atoms with Gasteiger partial charge in [-0.3, -0.25) is 4.99 Å². The number of hydrogen-bond acceptors (Lipinski definition) is 3. The van der Waals surface area contributed by atoms with Crippen LogP contribution >= 0.6 is 24.0 Å². The monoisotopic (exact) mass is 489 g/mol. The highest BCUT2D eigenvalue weighted by Crippen LogP contribution is 2.33. The van der Waals surface area contributed by atoms with Crippen molar-refractivity contribution in [2.45, 2.75) is 52.9 Å².